The fraction of sp³-hybridized carbons (Fsp3) is 0.440. The van der Waals surface area contributed by atoms with Gasteiger partial charge >= 0.3 is 0 Å². The number of aromatic nitrogens is 3. The summed E-state index contributed by atoms with van der Waals surface area (Å²) in [5.74, 6) is 2.06. The summed E-state index contributed by atoms with van der Waals surface area (Å²) >= 11 is 0. The maximum absolute atomic E-state index is 13.2. The van der Waals surface area contributed by atoms with E-state index < -0.39 is 0 Å². The summed E-state index contributed by atoms with van der Waals surface area (Å²) < 4.78 is 5.61. The molecule has 6 nitrogen and oxygen atoms in total. The Kier molecular flexibility index (Phi) is 5.30. The molecule has 3 aromatic rings. The molecule has 2 aliphatic rings. The molecule has 1 saturated carbocycles. The van der Waals surface area contributed by atoms with Crippen molar-refractivity contribution in [1.29, 1.82) is 0 Å². The van der Waals surface area contributed by atoms with Gasteiger partial charge in [0.2, 0.25) is 5.91 Å². The van der Waals surface area contributed by atoms with E-state index in [4.69, 9.17) is 9.51 Å². The predicted molar refractivity (Wildman–Crippen MR) is 117 cm³/mol. The largest absolute Gasteiger partial charge is 0.341 e. The average Bonchev–Trinajstić information content (AvgIpc) is 3.46. The van der Waals surface area contributed by atoms with Gasteiger partial charge in [0.05, 0.1) is 11.8 Å². The van der Waals surface area contributed by atoms with Gasteiger partial charge in [-0.1, -0.05) is 48.3 Å². The van der Waals surface area contributed by atoms with Crippen LogP contribution >= 0.6 is 0 Å². The maximum atomic E-state index is 13.2. The van der Waals surface area contributed by atoms with E-state index in [-0.39, 0.29) is 11.3 Å². The van der Waals surface area contributed by atoms with Gasteiger partial charge in [-0.05, 0) is 55.4 Å². The Morgan fingerprint density at radius 1 is 1.19 bits per heavy atom. The van der Waals surface area contributed by atoms with Gasteiger partial charge in [0.15, 0.2) is 5.82 Å². The third kappa shape index (κ3) is 4.24. The van der Waals surface area contributed by atoms with E-state index in [9.17, 15) is 4.79 Å². The van der Waals surface area contributed by atoms with Crippen LogP contribution in [-0.2, 0) is 16.6 Å². The second kappa shape index (κ2) is 8.25. The summed E-state index contributed by atoms with van der Waals surface area (Å²) in [6, 6.07) is 13.8. The van der Waals surface area contributed by atoms with Crippen LogP contribution < -0.4 is 0 Å². The van der Waals surface area contributed by atoms with Crippen molar-refractivity contribution in [3.63, 3.8) is 0 Å². The van der Waals surface area contributed by atoms with Crippen LogP contribution in [0.4, 0.5) is 0 Å². The van der Waals surface area contributed by atoms with Crippen LogP contribution in [0.15, 0.2) is 53.2 Å². The highest BCUT2D eigenvalue weighted by Gasteiger charge is 2.45. The van der Waals surface area contributed by atoms with Crippen molar-refractivity contribution in [1.82, 2.24) is 20.0 Å². The van der Waals surface area contributed by atoms with Crippen LogP contribution in [-0.4, -0.2) is 39.0 Å². The molecule has 31 heavy (non-hydrogen) atoms. The quantitative estimate of drug-likeness (QED) is 0.598. The van der Waals surface area contributed by atoms with Gasteiger partial charge in [0.25, 0.3) is 5.89 Å². The number of rotatable bonds is 6. The number of carbonyl (C=O) groups is 1. The Bertz CT molecular complexity index is 1060. The number of pyridine rings is 1. The van der Waals surface area contributed by atoms with Crippen molar-refractivity contribution in [3.8, 4) is 11.6 Å². The summed E-state index contributed by atoms with van der Waals surface area (Å²) in [7, 11) is 0. The van der Waals surface area contributed by atoms with E-state index in [0.717, 1.165) is 42.8 Å². The van der Waals surface area contributed by atoms with Gasteiger partial charge in [-0.2, -0.15) is 4.98 Å². The van der Waals surface area contributed by atoms with Gasteiger partial charge in [0, 0.05) is 19.3 Å². The number of hydrogen-bond donors (Lipinski definition) is 0. The predicted octanol–water partition coefficient (Wildman–Crippen LogP) is 4.34. The monoisotopic (exact) mass is 416 g/mol. The molecule has 1 atom stereocenters. The van der Waals surface area contributed by atoms with E-state index in [2.05, 4.69) is 23.1 Å². The lowest BCUT2D eigenvalue weighted by molar-refractivity contribution is -0.133. The van der Waals surface area contributed by atoms with Crippen molar-refractivity contribution in [2.24, 2.45) is 5.92 Å². The number of piperidine rings is 1. The second-order valence-corrected chi connectivity index (χ2v) is 9.09. The van der Waals surface area contributed by atoms with Crippen molar-refractivity contribution in [2.45, 2.75) is 50.9 Å². The van der Waals surface area contributed by atoms with Crippen LogP contribution in [0.5, 0.6) is 0 Å². The Balaban J connectivity index is 1.40. The molecule has 6 heteroatoms. The molecule has 5 rings (SSSR count). The standard InChI is InChI=1S/C25H28N4O2/c1-18-7-2-3-8-20(18)15-22(30)29-14-6-12-25(17-29,16-19-10-11-19)24-27-23(31-28-24)21-9-4-5-13-26-21/h2-5,7-9,13,19H,6,10-12,14-17H2,1H3. The van der Waals surface area contributed by atoms with Gasteiger partial charge in [-0.25, -0.2) is 0 Å². The average molecular weight is 417 g/mol. The molecule has 1 saturated heterocycles. The topological polar surface area (TPSA) is 72.1 Å². The van der Waals surface area contributed by atoms with Gasteiger partial charge in [-0.15, -0.1) is 0 Å². The lowest BCUT2D eigenvalue weighted by atomic mass is 9.74. The molecular weight excluding hydrogens is 388 g/mol. The summed E-state index contributed by atoms with van der Waals surface area (Å²) in [4.78, 5) is 24.4. The molecule has 3 heterocycles. The Hall–Kier alpha value is -3.02. The Morgan fingerprint density at radius 2 is 2.03 bits per heavy atom. The second-order valence-electron chi connectivity index (χ2n) is 9.09. The van der Waals surface area contributed by atoms with E-state index in [1.165, 1.54) is 12.8 Å². The van der Waals surface area contributed by atoms with Crippen LogP contribution in [0.2, 0.25) is 0 Å². The van der Waals surface area contributed by atoms with Crippen molar-refractivity contribution >= 4 is 5.91 Å². The first kappa shape index (κ1) is 19.9. The molecule has 1 aliphatic carbocycles. The number of nitrogens with zero attached hydrogens (tertiary/aromatic N) is 4. The first-order valence-electron chi connectivity index (χ1n) is 11.2. The first-order valence-corrected chi connectivity index (χ1v) is 11.2. The van der Waals surface area contributed by atoms with Crippen LogP contribution in [0.1, 0.15) is 49.1 Å². The van der Waals surface area contributed by atoms with E-state index in [1.54, 1.807) is 6.20 Å². The third-order valence-electron chi connectivity index (χ3n) is 6.69. The Labute approximate surface area is 182 Å². The van der Waals surface area contributed by atoms with Gasteiger partial charge < -0.3 is 9.42 Å². The number of benzene rings is 1. The summed E-state index contributed by atoms with van der Waals surface area (Å²) in [5.41, 5.74) is 2.71. The molecule has 1 amide bonds. The number of hydrogen-bond acceptors (Lipinski definition) is 5. The van der Waals surface area contributed by atoms with Crippen LogP contribution in [0.3, 0.4) is 0 Å². The summed E-state index contributed by atoms with van der Waals surface area (Å²) in [6.07, 6.45) is 7.64. The van der Waals surface area contributed by atoms with E-state index in [1.807, 2.05) is 41.3 Å². The highest BCUT2D eigenvalue weighted by Crippen LogP contribution is 2.46. The first-order chi connectivity index (χ1) is 15.1. The van der Waals surface area contributed by atoms with E-state index >= 15 is 0 Å². The lowest BCUT2D eigenvalue weighted by Gasteiger charge is -2.41. The molecule has 0 spiro atoms. The lowest BCUT2D eigenvalue weighted by Crippen LogP contribution is -2.49. The number of amides is 1. The summed E-state index contributed by atoms with van der Waals surface area (Å²) in [6.45, 7) is 3.52. The third-order valence-corrected chi connectivity index (χ3v) is 6.69. The molecule has 2 fully saturated rings. The maximum Gasteiger partial charge on any atom is 0.276 e. The molecule has 0 radical (unpaired) electrons. The van der Waals surface area contributed by atoms with Crippen molar-refractivity contribution < 1.29 is 9.32 Å². The fourth-order valence-electron chi connectivity index (χ4n) is 4.77. The molecule has 160 valence electrons. The van der Waals surface area contributed by atoms with E-state index in [0.29, 0.717) is 30.5 Å². The van der Waals surface area contributed by atoms with Crippen molar-refractivity contribution in [3.05, 3.63) is 65.6 Å². The van der Waals surface area contributed by atoms with Gasteiger partial charge in [0.1, 0.15) is 5.69 Å². The Morgan fingerprint density at radius 3 is 2.81 bits per heavy atom. The molecule has 2 aromatic heterocycles. The molecule has 0 bridgehead atoms. The zero-order chi connectivity index (χ0) is 21.3. The zero-order valence-electron chi connectivity index (χ0n) is 18.0. The molecular formula is C25H28N4O2. The minimum Gasteiger partial charge on any atom is -0.341 e. The molecule has 1 aliphatic heterocycles. The number of likely N-dealkylation sites (tertiary alicyclic amines) is 1. The normalized spacial score (nSPS) is 21.3. The minimum atomic E-state index is -0.239. The highest BCUT2D eigenvalue weighted by molar-refractivity contribution is 5.79. The number of carbonyl (C=O) groups excluding carboxylic acids is 1. The highest BCUT2D eigenvalue weighted by atomic mass is 16.5. The smallest absolute Gasteiger partial charge is 0.276 e. The summed E-state index contributed by atoms with van der Waals surface area (Å²) in [5, 5.41) is 4.40. The SMILES string of the molecule is Cc1ccccc1CC(=O)N1CCCC(CC2CC2)(c2noc(-c3ccccn3)n2)C1. The molecule has 0 N–H and O–H groups in total. The molecule has 1 aromatic carbocycles. The fourth-order valence-corrected chi connectivity index (χ4v) is 4.77. The van der Waals surface area contributed by atoms with Crippen LogP contribution in [0, 0.1) is 12.8 Å². The van der Waals surface area contributed by atoms with Crippen molar-refractivity contribution in [2.75, 3.05) is 13.1 Å². The zero-order valence-corrected chi connectivity index (χ0v) is 18.0. The number of aryl methyl sites for hydroxylation is 1. The molecule has 1 unspecified atom stereocenters. The van der Waals surface area contributed by atoms with Crippen LogP contribution in [0.25, 0.3) is 11.6 Å². The van der Waals surface area contributed by atoms with Gasteiger partial charge in [-0.3, -0.25) is 9.78 Å². The minimum absolute atomic E-state index is 0.183.